The summed E-state index contributed by atoms with van der Waals surface area (Å²) < 4.78 is 0.715. The van der Waals surface area contributed by atoms with E-state index in [1.54, 1.807) is 12.1 Å². The van der Waals surface area contributed by atoms with Gasteiger partial charge in [0.05, 0.1) is 0 Å². The molecule has 0 aromatic heterocycles. The van der Waals surface area contributed by atoms with Crippen molar-refractivity contribution < 1.29 is 31.0 Å². The SMILES string of the molecule is O=C(O)c1cc[c-]cc1I.[W]. The Hall–Kier alpha value is 0.108. The number of hydrogen-bond acceptors (Lipinski definition) is 1. The van der Waals surface area contributed by atoms with Crippen LogP contribution in [0.2, 0.25) is 0 Å². The first-order valence-electron chi connectivity index (χ1n) is 2.60. The maximum absolute atomic E-state index is 10.4. The summed E-state index contributed by atoms with van der Waals surface area (Å²) in [6.45, 7) is 0. The smallest absolute Gasteiger partial charge is 0.312 e. The van der Waals surface area contributed by atoms with Crippen LogP contribution < -0.4 is 0 Å². The molecule has 0 aliphatic rings. The molecule has 2 nitrogen and oxygen atoms in total. The van der Waals surface area contributed by atoms with Crippen LogP contribution in [-0.4, -0.2) is 11.1 Å². The van der Waals surface area contributed by atoms with Gasteiger partial charge in [-0.25, -0.2) is 4.79 Å². The van der Waals surface area contributed by atoms with E-state index in [1.807, 2.05) is 22.6 Å². The second kappa shape index (κ2) is 4.88. The van der Waals surface area contributed by atoms with E-state index in [0.29, 0.717) is 9.13 Å². The number of benzene rings is 1. The third-order valence-electron chi connectivity index (χ3n) is 1.04. The standard InChI is InChI=1S/C7H4IO2.W/c8-6-4-2-1-3-5(6)7(9)10;/h1,3-4H,(H,9,10);/q-1;. The molecule has 0 saturated carbocycles. The summed E-state index contributed by atoms with van der Waals surface area (Å²) in [5.74, 6) is -0.890. The average Bonchev–Trinajstić information content (AvgIpc) is 1.88. The van der Waals surface area contributed by atoms with Crippen molar-refractivity contribution in [3.05, 3.63) is 33.4 Å². The number of carboxylic acid groups (broad SMARTS) is 1. The van der Waals surface area contributed by atoms with Crippen molar-refractivity contribution in [3.63, 3.8) is 0 Å². The fourth-order valence-electron chi connectivity index (χ4n) is 0.584. The van der Waals surface area contributed by atoms with E-state index in [9.17, 15) is 4.79 Å². The molecule has 4 heteroatoms. The van der Waals surface area contributed by atoms with Gasteiger partial charge in [0.25, 0.3) is 0 Å². The van der Waals surface area contributed by atoms with Gasteiger partial charge in [-0.2, -0.15) is 24.3 Å². The molecule has 0 unspecified atom stereocenters. The fraction of sp³-hybridized carbons (Fsp3) is 0. The van der Waals surface area contributed by atoms with Crippen molar-refractivity contribution in [1.82, 2.24) is 0 Å². The van der Waals surface area contributed by atoms with E-state index in [4.69, 9.17) is 5.11 Å². The van der Waals surface area contributed by atoms with Crippen LogP contribution in [0, 0.1) is 9.64 Å². The first-order chi connectivity index (χ1) is 4.72. The summed E-state index contributed by atoms with van der Waals surface area (Å²) in [6.07, 6.45) is 0. The van der Waals surface area contributed by atoms with E-state index in [0.717, 1.165) is 0 Å². The van der Waals surface area contributed by atoms with Crippen molar-refractivity contribution in [2.45, 2.75) is 0 Å². The predicted molar refractivity (Wildman–Crippen MR) is 45.0 cm³/mol. The molecule has 1 rings (SSSR count). The van der Waals surface area contributed by atoms with Crippen LogP contribution in [0.1, 0.15) is 10.4 Å². The molecular weight excluding hydrogens is 427 g/mol. The van der Waals surface area contributed by atoms with Crippen LogP contribution in [0.25, 0.3) is 0 Å². The Morgan fingerprint density at radius 3 is 2.64 bits per heavy atom. The molecule has 0 amide bonds. The molecule has 0 aliphatic carbocycles. The molecule has 1 aromatic carbocycles. The second-order valence-electron chi connectivity index (χ2n) is 1.71. The molecule has 0 fully saturated rings. The number of carbonyl (C=O) groups is 1. The Morgan fingerprint density at radius 2 is 2.27 bits per heavy atom. The minimum Gasteiger partial charge on any atom is -0.479 e. The third-order valence-corrected chi connectivity index (χ3v) is 1.94. The molecule has 0 spiro atoms. The van der Waals surface area contributed by atoms with E-state index < -0.39 is 5.97 Å². The summed E-state index contributed by atoms with van der Waals surface area (Å²) in [4.78, 5) is 10.4. The Balaban J connectivity index is 0.000001000. The van der Waals surface area contributed by atoms with Gasteiger partial charge in [-0.3, -0.25) is 0 Å². The predicted octanol–water partition coefficient (Wildman–Crippen LogP) is 1.79. The van der Waals surface area contributed by atoms with E-state index in [2.05, 4.69) is 6.07 Å². The van der Waals surface area contributed by atoms with Gasteiger partial charge >= 0.3 is 5.97 Å². The third kappa shape index (κ3) is 2.91. The first kappa shape index (κ1) is 11.1. The molecule has 0 saturated heterocycles. The Labute approximate surface area is 92.4 Å². The van der Waals surface area contributed by atoms with Gasteiger partial charge in [0.2, 0.25) is 0 Å². The number of aromatic carboxylic acids is 1. The molecule has 0 heterocycles. The minimum atomic E-state index is -0.890. The van der Waals surface area contributed by atoms with E-state index >= 15 is 0 Å². The quantitative estimate of drug-likeness (QED) is 0.545. The van der Waals surface area contributed by atoms with Gasteiger partial charge in [-0.15, -0.1) is 22.6 Å². The van der Waals surface area contributed by atoms with Crippen molar-refractivity contribution >= 4 is 28.6 Å². The van der Waals surface area contributed by atoms with E-state index in [-0.39, 0.29) is 21.1 Å². The summed E-state index contributed by atoms with van der Waals surface area (Å²) in [7, 11) is 0. The van der Waals surface area contributed by atoms with Crippen LogP contribution in [0.4, 0.5) is 0 Å². The Bertz CT molecular complexity index is 262. The van der Waals surface area contributed by atoms with Gasteiger partial charge in [-0.05, 0) is 5.56 Å². The average molecular weight is 431 g/mol. The molecule has 0 atom stereocenters. The van der Waals surface area contributed by atoms with Crippen LogP contribution in [-0.2, 0) is 21.1 Å². The maximum Gasteiger partial charge on any atom is 0.312 e. The molecule has 1 N–H and O–H groups in total. The molecule has 1 aromatic rings. The van der Waals surface area contributed by atoms with Crippen molar-refractivity contribution in [1.29, 1.82) is 0 Å². The van der Waals surface area contributed by atoms with Crippen molar-refractivity contribution in [3.8, 4) is 0 Å². The molecule has 58 valence electrons. The van der Waals surface area contributed by atoms with Crippen LogP contribution >= 0.6 is 22.6 Å². The Kier molecular flexibility index (Phi) is 4.93. The maximum atomic E-state index is 10.4. The minimum absolute atomic E-state index is 0. The van der Waals surface area contributed by atoms with Gasteiger partial charge in [-0.1, -0.05) is 3.57 Å². The Morgan fingerprint density at radius 1 is 1.64 bits per heavy atom. The van der Waals surface area contributed by atoms with E-state index in [1.165, 1.54) is 6.07 Å². The largest absolute Gasteiger partial charge is 0.479 e. The summed E-state index contributed by atoms with van der Waals surface area (Å²) in [6, 6.07) is 7.55. The summed E-state index contributed by atoms with van der Waals surface area (Å²) >= 11 is 1.96. The number of hydrogen-bond donors (Lipinski definition) is 1. The monoisotopic (exact) mass is 431 g/mol. The van der Waals surface area contributed by atoms with Crippen LogP contribution in [0.5, 0.6) is 0 Å². The topological polar surface area (TPSA) is 37.3 Å². The zero-order chi connectivity index (χ0) is 7.56. The molecule has 0 aliphatic heterocycles. The van der Waals surface area contributed by atoms with Gasteiger partial charge < -0.3 is 5.11 Å². The number of halogens is 1. The molecule has 11 heavy (non-hydrogen) atoms. The zero-order valence-corrected chi connectivity index (χ0v) is 10.5. The van der Waals surface area contributed by atoms with Crippen LogP contribution in [0.15, 0.2) is 18.2 Å². The van der Waals surface area contributed by atoms with Crippen molar-refractivity contribution in [2.24, 2.45) is 0 Å². The second-order valence-corrected chi connectivity index (χ2v) is 2.87. The normalized spacial score (nSPS) is 8.45. The molecule has 0 bridgehead atoms. The molecule has 0 radical (unpaired) electrons. The fourth-order valence-corrected chi connectivity index (χ4v) is 1.17. The first-order valence-corrected chi connectivity index (χ1v) is 3.68. The number of rotatable bonds is 1. The molecular formula is C7H4IO2W-. The summed E-state index contributed by atoms with van der Waals surface area (Å²) in [5, 5.41) is 8.55. The van der Waals surface area contributed by atoms with Gasteiger partial charge in [0, 0.05) is 21.1 Å². The van der Waals surface area contributed by atoms with Crippen molar-refractivity contribution in [2.75, 3.05) is 0 Å². The van der Waals surface area contributed by atoms with Crippen LogP contribution in [0.3, 0.4) is 0 Å². The van der Waals surface area contributed by atoms with Gasteiger partial charge in [0.15, 0.2) is 0 Å². The van der Waals surface area contributed by atoms with Gasteiger partial charge in [0.1, 0.15) is 0 Å². The zero-order valence-electron chi connectivity index (χ0n) is 5.37. The summed E-state index contributed by atoms with van der Waals surface area (Å²) in [5.41, 5.74) is 0.333. The number of carboxylic acids is 1.